The summed E-state index contributed by atoms with van der Waals surface area (Å²) in [4.78, 5) is 24.8. The average Bonchev–Trinajstić information content (AvgIpc) is 3.34. The standard InChI is InChI=1S/C18H22O4S6/c1-4-5-6-7-8-10-9-23-15-16(24-10)28-18(27-15)17-25-11(13(19)21-2)12(26-17)14(20)22-3/h10H,4-9H2,1-3H3. The summed E-state index contributed by atoms with van der Waals surface area (Å²) >= 11 is 10.1. The van der Waals surface area contributed by atoms with E-state index in [-0.39, 0.29) is 0 Å². The zero-order valence-electron chi connectivity index (χ0n) is 15.9. The molecule has 0 saturated carbocycles. The molecule has 0 amide bonds. The molecule has 0 fully saturated rings. The number of thioether (sulfide) groups is 6. The number of rotatable bonds is 7. The molecule has 0 radical (unpaired) electrons. The zero-order chi connectivity index (χ0) is 20.1. The number of carbonyl (C=O) groups is 2. The van der Waals surface area contributed by atoms with Crippen LogP contribution in [0.25, 0.3) is 0 Å². The first-order valence-electron chi connectivity index (χ1n) is 8.97. The molecule has 10 heteroatoms. The smallest absolute Gasteiger partial charge is 0.346 e. The lowest BCUT2D eigenvalue weighted by Crippen LogP contribution is -2.09. The molecule has 28 heavy (non-hydrogen) atoms. The van der Waals surface area contributed by atoms with Gasteiger partial charge in [-0.25, -0.2) is 9.59 Å². The van der Waals surface area contributed by atoms with Crippen molar-refractivity contribution in [3.05, 3.63) is 26.8 Å². The van der Waals surface area contributed by atoms with E-state index >= 15 is 0 Å². The SMILES string of the molecule is CCCCCCC1CSC2=C(SC(=C3SC(C(=O)OC)=C(C(=O)OC)S3)S2)S1. The van der Waals surface area contributed by atoms with Gasteiger partial charge in [-0.3, -0.25) is 0 Å². The Hall–Kier alpha value is 0.260. The minimum Gasteiger partial charge on any atom is -0.465 e. The maximum Gasteiger partial charge on any atom is 0.346 e. The molecule has 0 N–H and O–H groups in total. The van der Waals surface area contributed by atoms with Crippen LogP contribution in [0, 0.1) is 0 Å². The molecule has 0 aromatic heterocycles. The van der Waals surface area contributed by atoms with Gasteiger partial charge in [-0.15, -0.1) is 23.5 Å². The van der Waals surface area contributed by atoms with Crippen LogP contribution in [-0.2, 0) is 19.1 Å². The van der Waals surface area contributed by atoms with E-state index in [9.17, 15) is 9.59 Å². The van der Waals surface area contributed by atoms with Crippen LogP contribution in [-0.4, -0.2) is 37.2 Å². The van der Waals surface area contributed by atoms with Crippen LogP contribution in [0.1, 0.15) is 39.0 Å². The molecule has 3 aliphatic heterocycles. The summed E-state index contributed by atoms with van der Waals surface area (Å²) in [5.41, 5.74) is 0. The zero-order valence-corrected chi connectivity index (χ0v) is 20.8. The van der Waals surface area contributed by atoms with E-state index < -0.39 is 11.9 Å². The van der Waals surface area contributed by atoms with E-state index in [1.165, 1.54) is 78.3 Å². The molecule has 0 aliphatic carbocycles. The molecule has 3 rings (SSSR count). The van der Waals surface area contributed by atoms with E-state index in [2.05, 4.69) is 6.92 Å². The van der Waals surface area contributed by atoms with Crippen LogP contribution in [0.5, 0.6) is 0 Å². The Labute approximate surface area is 191 Å². The normalized spacial score (nSPS) is 22.0. The Morgan fingerprint density at radius 3 is 2.07 bits per heavy atom. The van der Waals surface area contributed by atoms with Gasteiger partial charge in [-0.2, -0.15) is 0 Å². The van der Waals surface area contributed by atoms with E-state index in [0.29, 0.717) is 15.1 Å². The summed E-state index contributed by atoms with van der Waals surface area (Å²) in [5, 5.41) is 0.677. The third-order valence-corrected chi connectivity index (χ3v) is 13.3. The van der Waals surface area contributed by atoms with Crippen LogP contribution in [0.4, 0.5) is 0 Å². The molecular formula is C18H22O4S6. The predicted octanol–water partition coefficient (Wildman–Crippen LogP) is 6.58. The summed E-state index contributed by atoms with van der Waals surface area (Å²) in [6.07, 6.45) is 6.51. The Kier molecular flexibility index (Phi) is 9.04. The van der Waals surface area contributed by atoms with E-state index in [4.69, 9.17) is 9.47 Å². The molecule has 0 aromatic carbocycles. The van der Waals surface area contributed by atoms with Crippen molar-refractivity contribution in [3.8, 4) is 0 Å². The highest BCUT2D eigenvalue weighted by Gasteiger charge is 2.37. The van der Waals surface area contributed by atoms with E-state index in [0.717, 1.165) is 14.2 Å². The van der Waals surface area contributed by atoms with Crippen LogP contribution in [0.2, 0.25) is 0 Å². The van der Waals surface area contributed by atoms with Crippen molar-refractivity contribution < 1.29 is 19.1 Å². The molecule has 1 unspecified atom stereocenters. The Balaban J connectivity index is 1.64. The Morgan fingerprint density at radius 1 is 0.857 bits per heavy atom. The molecule has 154 valence electrons. The Bertz CT molecular complexity index is 712. The van der Waals surface area contributed by atoms with Crippen LogP contribution >= 0.6 is 70.6 Å². The number of esters is 2. The molecule has 0 aromatic rings. The van der Waals surface area contributed by atoms with Gasteiger partial charge in [0.05, 0.1) is 31.2 Å². The van der Waals surface area contributed by atoms with Gasteiger partial charge in [0.25, 0.3) is 0 Å². The number of methoxy groups -OCH3 is 2. The monoisotopic (exact) mass is 494 g/mol. The third-order valence-electron chi connectivity index (χ3n) is 4.10. The molecule has 3 heterocycles. The first kappa shape index (κ1) is 22.9. The highest BCUT2D eigenvalue weighted by atomic mass is 32.3. The minimum absolute atomic E-state index is 0.321. The fourth-order valence-corrected chi connectivity index (χ4v) is 11.9. The van der Waals surface area contributed by atoms with Crippen LogP contribution in [0.15, 0.2) is 26.8 Å². The van der Waals surface area contributed by atoms with Gasteiger partial charge in [0, 0.05) is 11.0 Å². The molecular weight excluding hydrogens is 473 g/mol. The van der Waals surface area contributed by atoms with Crippen molar-refractivity contribution in [2.75, 3.05) is 20.0 Å². The number of carbonyl (C=O) groups excluding carboxylic acids is 2. The largest absolute Gasteiger partial charge is 0.465 e. The van der Waals surface area contributed by atoms with Crippen molar-refractivity contribution >= 4 is 82.5 Å². The molecule has 4 nitrogen and oxygen atoms in total. The maximum atomic E-state index is 12.1. The lowest BCUT2D eigenvalue weighted by atomic mass is 10.1. The van der Waals surface area contributed by atoms with Gasteiger partial charge in [0.1, 0.15) is 9.81 Å². The average molecular weight is 495 g/mol. The van der Waals surface area contributed by atoms with Gasteiger partial charge in [-0.05, 0) is 6.42 Å². The predicted molar refractivity (Wildman–Crippen MR) is 128 cm³/mol. The number of hydrogen-bond acceptors (Lipinski definition) is 10. The Morgan fingerprint density at radius 2 is 1.46 bits per heavy atom. The van der Waals surface area contributed by atoms with Crippen LogP contribution < -0.4 is 0 Å². The van der Waals surface area contributed by atoms with E-state index in [1.54, 1.807) is 23.5 Å². The highest BCUT2D eigenvalue weighted by molar-refractivity contribution is 8.43. The van der Waals surface area contributed by atoms with Crippen molar-refractivity contribution in [3.63, 3.8) is 0 Å². The quantitative estimate of drug-likeness (QED) is 0.286. The second kappa shape index (κ2) is 11.0. The third kappa shape index (κ3) is 5.49. The topological polar surface area (TPSA) is 52.6 Å². The molecule has 0 saturated heterocycles. The van der Waals surface area contributed by atoms with E-state index in [1.807, 2.05) is 23.5 Å². The second-order valence-corrected chi connectivity index (χ2v) is 13.6. The van der Waals surface area contributed by atoms with Gasteiger partial charge < -0.3 is 9.47 Å². The molecule has 3 aliphatic rings. The first-order chi connectivity index (χ1) is 13.6. The van der Waals surface area contributed by atoms with Crippen molar-refractivity contribution in [1.82, 2.24) is 0 Å². The van der Waals surface area contributed by atoms with Crippen molar-refractivity contribution in [1.29, 1.82) is 0 Å². The first-order valence-corrected chi connectivity index (χ1v) is 14.1. The molecule has 0 spiro atoms. The second-order valence-electron chi connectivity index (χ2n) is 6.10. The summed E-state index contributed by atoms with van der Waals surface area (Å²) in [6, 6.07) is 0. The van der Waals surface area contributed by atoms with Gasteiger partial charge >= 0.3 is 11.9 Å². The number of unbranched alkanes of at least 4 members (excludes halogenated alkanes) is 3. The lowest BCUT2D eigenvalue weighted by Gasteiger charge is -2.21. The maximum absolute atomic E-state index is 12.1. The molecule has 0 bridgehead atoms. The summed E-state index contributed by atoms with van der Waals surface area (Å²) in [5.74, 6) is 0.177. The fourth-order valence-electron chi connectivity index (χ4n) is 2.65. The summed E-state index contributed by atoms with van der Waals surface area (Å²) in [6.45, 7) is 2.24. The lowest BCUT2D eigenvalue weighted by molar-refractivity contribution is -0.138. The summed E-state index contributed by atoms with van der Waals surface area (Å²) in [7, 11) is 2.65. The fraction of sp³-hybridized carbons (Fsp3) is 0.556. The van der Waals surface area contributed by atoms with Crippen molar-refractivity contribution in [2.24, 2.45) is 0 Å². The number of hydrogen-bond donors (Lipinski definition) is 0. The van der Waals surface area contributed by atoms with Crippen molar-refractivity contribution in [2.45, 2.75) is 44.3 Å². The summed E-state index contributed by atoms with van der Waals surface area (Å²) < 4.78 is 14.5. The van der Waals surface area contributed by atoms with Gasteiger partial charge in [0.15, 0.2) is 0 Å². The highest BCUT2D eigenvalue weighted by Crippen LogP contribution is 2.66. The number of ether oxygens (including phenoxy) is 2. The minimum atomic E-state index is -0.491. The van der Waals surface area contributed by atoms with Crippen LogP contribution in [0.3, 0.4) is 0 Å². The van der Waals surface area contributed by atoms with Gasteiger partial charge in [0.2, 0.25) is 0 Å². The van der Waals surface area contributed by atoms with Gasteiger partial charge in [-0.1, -0.05) is 79.7 Å². The molecule has 1 atom stereocenters.